The lowest BCUT2D eigenvalue weighted by atomic mass is 10.2. The molecule has 0 saturated heterocycles. The summed E-state index contributed by atoms with van der Waals surface area (Å²) >= 11 is 3.40. The van der Waals surface area contributed by atoms with E-state index in [1.165, 1.54) is 19.2 Å². The molecule has 0 fully saturated rings. The van der Waals surface area contributed by atoms with Crippen LogP contribution in [0.4, 0.5) is 17.1 Å². The number of halogens is 1. The Labute approximate surface area is 130 Å². The Bertz CT molecular complexity index is 676. The summed E-state index contributed by atoms with van der Waals surface area (Å²) in [5, 5.41) is 13.9. The summed E-state index contributed by atoms with van der Waals surface area (Å²) in [6.07, 6.45) is 0. The van der Waals surface area contributed by atoms with E-state index in [2.05, 4.69) is 21.2 Å². The molecule has 110 valence electrons. The molecule has 0 radical (unpaired) electrons. The largest absolute Gasteiger partial charge is 0.496 e. The molecule has 2 aromatic rings. The summed E-state index contributed by atoms with van der Waals surface area (Å²) in [4.78, 5) is 10.3. The van der Waals surface area contributed by atoms with E-state index in [9.17, 15) is 10.1 Å². The first kappa shape index (κ1) is 15.1. The number of nitro benzene ring substituents is 1. The summed E-state index contributed by atoms with van der Waals surface area (Å²) in [5.41, 5.74) is 1.42. The third-order valence-corrected chi connectivity index (χ3v) is 3.45. The highest BCUT2D eigenvalue weighted by Crippen LogP contribution is 2.34. The van der Waals surface area contributed by atoms with E-state index < -0.39 is 4.92 Å². The predicted octanol–water partition coefficient (Wildman–Crippen LogP) is 4.12. The van der Waals surface area contributed by atoms with Crippen LogP contribution in [0.2, 0.25) is 0 Å². The van der Waals surface area contributed by atoms with Crippen LogP contribution >= 0.6 is 15.9 Å². The maximum Gasteiger partial charge on any atom is 0.273 e. The van der Waals surface area contributed by atoms with Crippen molar-refractivity contribution in [1.82, 2.24) is 0 Å². The number of anilines is 2. The number of benzene rings is 2. The van der Waals surface area contributed by atoms with Gasteiger partial charge in [0.05, 0.1) is 35.4 Å². The molecule has 0 saturated carbocycles. The van der Waals surface area contributed by atoms with Crippen LogP contribution in [0, 0.1) is 10.1 Å². The molecule has 0 aromatic heterocycles. The predicted molar refractivity (Wildman–Crippen MR) is 83.6 cm³/mol. The van der Waals surface area contributed by atoms with Crippen molar-refractivity contribution in [2.45, 2.75) is 0 Å². The molecule has 0 spiro atoms. The number of rotatable bonds is 5. The Morgan fingerprint density at radius 1 is 1.10 bits per heavy atom. The molecule has 0 aliphatic heterocycles. The van der Waals surface area contributed by atoms with Gasteiger partial charge in [0.15, 0.2) is 0 Å². The van der Waals surface area contributed by atoms with Crippen molar-refractivity contribution in [2.75, 3.05) is 19.5 Å². The first-order valence-corrected chi connectivity index (χ1v) is 6.77. The molecular formula is C14H13BrN2O4. The Morgan fingerprint density at radius 3 is 2.38 bits per heavy atom. The van der Waals surface area contributed by atoms with Crippen LogP contribution in [0.25, 0.3) is 0 Å². The normalized spacial score (nSPS) is 10.0. The van der Waals surface area contributed by atoms with Crippen LogP contribution in [0.5, 0.6) is 11.5 Å². The van der Waals surface area contributed by atoms with Crippen molar-refractivity contribution in [1.29, 1.82) is 0 Å². The van der Waals surface area contributed by atoms with Crippen LogP contribution in [-0.2, 0) is 0 Å². The maximum atomic E-state index is 10.8. The summed E-state index contributed by atoms with van der Waals surface area (Å²) in [7, 11) is 3.06. The van der Waals surface area contributed by atoms with Crippen molar-refractivity contribution in [3.05, 3.63) is 51.0 Å². The van der Waals surface area contributed by atoms with Gasteiger partial charge in [0.25, 0.3) is 5.69 Å². The molecule has 0 bridgehead atoms. The minimum absolute atomic E-state index is 0.0201. The van der Waals surface area contributed by atoms with Gasteiger partial charge < -0.3 is 14.8 Å². The highest BCUT2D eigenvalue weighted by atomic mass is 79.9. The monoisotopic (exact) mass is 352 g/mol. The lowest BCUT2D eigenvalue weighted by molar-refractivity contribution is -0.384. The van der Waals surface area contributed by atoms with Crippen molar-refractivity contribution in [2.24, 2.45) is 0 Å². The fraction of sp³-hybridized carbons (Fsp3) is 0.143. The zero-order valence-corrected chi connectivity index (χ0v) is 13.0. The number of ether oxygens (including phenoxy) is 2. The number of hydrogen-bond donors (Lipinski definition) is 1. The molecule has 2 aromatic carbocycles. The molecule has 0 aliphatic rings. The summed E-state index contributed by atoms with van der Waals surface area (Å²) in [6.45, 7) is 0. The van der Waals surface area contributed by atoms with E-state index in [-0.39, 0.29) is 5.69 Å². The molecule has 6 nitrogen and oxygen atoms in total. The molecule has 0 aliphatic carbocycles. The van der Waals surface area contributed by atoms with E-state index in [4.69, 9.17) is 9.47 Å². The highest BCUT2D eigenvalue weighted by Gasteiger charge is 2.12. The molecule has 21 heavy (non-hydrogen) atoms. The van der Waals surface area contributed by atoms with Crippen LogP contribution in [0.15, 0.2) is 40.9 Å². The van der Waals surface area contributed by atoms with Crippen molar-refractivity contribution < 1.29 is 14.4 Å². The second-order valence-electron chi connectivity index (χ2n) is 4.12. The van der Waals surface area contributed by atoms with Crippen LogP contribution < -0.4 is 14.8 Å². The quantitative estimate of drug-likeness (QED) is 0.647. The first-order valence-electron chi connectivity index (χ1n) is 5.98. The van der Waals surface area contributed by atoms with E-state index in [0.29, 0.717) is 11.4 Å². The van der Waals surface area contributed by atoms with Crippen molar-refractivity contribution >= 4 is 33.0 Å². The third-order valence-electron chi connectivity index (χ3n) is 2.83. The van der Waals surface area contributed by atoms with Crippen LogP contribution in [0.1, 0.15) is 0 Å². The van der Waals surface area contributed by atoms with Gasteiger partial charge in [-0.3, -0.25) is 10.1 Å². The molecule has 0 atom stereocenters. The first-order chi connectivity index (χ1) is 10.0. The number of methoxy groups -OCH3 is 2. The summed E-state index contributed by atoms with van der Waals surface area (Å²) in [5.74, 6) is 1.12. The average Bonchev–Trinajstić information content (AvgIpc) is 2.47. The minimum atomic E-state index is -0.462. The summed E-state index contributed by atoms with van der Waals surface area (Å²) in [6, 6.07) is 9.90. The standard InChI is InChI=1S/C14H13BrN2O4/c1-20-13-6-3-9(7-11(13)15)16-12-5-4-10(17(18)19)8-14(12)21-2/h3-8,16H,1-2H3. The van der Waals surface area contributed by atoms with E-state index in [0.717, 1.165) is 15.9 Å². The van der Waals surface area contributed by atoms with Crippen LogP contribution in [-0.4, -0.2) is 19.1 Å². The Morgan fingerprint density at radius 2 is 1.81 bits per heavy atom. The van der Waals surface area contributed by atoms with E-state index in [1.54, 1.807) is 13.2 Å². The molecular weight excluding hydrogens is 340 g/mol. The summed E-state index contributed by atoms with van der Waals surface area (Å²) < 4.78 is 11.1. The Kier molecular flexibility index (Phi) is 4.64. The van der Waals surface area contributed by atoms with Crippen LogP contribution in [0.3, 0.4) is 0 Å². The average molecular weight is 353 g/mol. The highest BCUT2D eigenvalue weighted by molar-refractivity contribution is 9.10. The van der Waals surface area contributed by atoms with Gasteiger partial charge in [-0.25, -0.2) is 0 Å². The van der Waals surface area contributed by atoms with Crippen molar-refractivity contribution in [3.8, 4) is 11.5 Å². The zero-order chi connectivity index (χ0) is 15.4. The van der Waals surface area contributed by atoms with Gasteiger partial charge in [-0.05, 0) is 40.2 Å². The number of nitrogens with zero attached hydrogens (tertiary/aromatic N) is 1. The molecule has 7 heteroatoms. The van der Waals surface area contributed by atoms with Gasteiger partial charge in [0.1, 0.15) is 11.5 Å². The van der Waals surface area contributed by atoms with Gasteiger partial charge in [-0.2, -0.15) is 0 Å². The lowest BCUT2D eigenvalue weighted by Gasteiger charge is -2.12. The van der Waals surface area contributed by atoms with Gasteiger partial charge in [0.2, 0.25) is 0 Å². The lowest BCUT2D eigenvalue weighted by Crippen LogP contribution is -1.97. The second-order valence-corrected chi connectivity index (χ2v) is 4.97. The molecule has 1 N–H and O–H groups in total. The third kappa shape index (κ3) is 3.43. The van der Waals surface area contributed by atoms with Gasteiger partial charge in [0, 0.05) is 11.8 Å². The second kappa shape index (κ2) is 6.45. The topological polar surface area (TPSA) is 73.6 Å². The Hall–Kier alpha value is -2.28. The fourth-order valence-electron chi connectivity index (χ4n) is 1.80. The number of nitrogens with one attached hydrogen (secondary N) is 1. The smallest absolute Gasteiger partial charge is 0.273 e. The van der Waals surface area contributed by atoms with E-state index in [1.807, 2.05) is 18.2 Å². The molecule has 0 heterocycles. The molecule has 0 unspecified atom stereocenters. The van der Waals surface area contributed by atoms with Gasteiger partial charge in [-0.1, -0.05) is 0 Å². The molecule has 2 rings (SSSR count). The van der Waals surface area contributed by atoms with Gasteiger partial charge in [-0.15, -0.1) is 0 Å². The molecule has 0 amide bonds. The SMILES string of the molecule is COc1ccc(Nc2ccc([N+](=O)[O-])cc2OC)cc1Br. The maximum absolute atomic E-state index is 10.8. The number of hydrogen-bond acceptors (Lipinski definition) is 5. The fourth-order valence-corrected chi connectivity index (χ4v) is 2.34. The van der Waals surface area contributed by atoms with Crippen molar-refractivity contribution in [3.63, 3.8) is 0 Å². The zero-order valence-electron chi connectivity index (χ0n) is 11.4. The van der Waals surface area contributed by atoms with Gasteiger partial charge >= 0.3 is 0 Å². The Balaban J connectivity index is 2.30. The van der Waals surface area contributed by atoms with E-state index >= 15 is 0 Å². The minimum Gasteiger partial charge on any atom is -0.496 e. The number of non-ortho nitro benzene ring substituents is 1. The number of nitro groups is 1.